The molecule has 1 N–H and O–H groups in total. The summed E-state index contributed by atoms with van der Waals surface area (Å²) in [4.78, 5) is 25.0. The maximum absolute atomic E-state index is 12.7. The van der Waals surface area contributed by atoms with E-state index in [9.17, 15) is 14.7 Å². The number of esters is 1. The molecule has 4 nitrogen and oxygen atoms in total. The number of rotatable bonds is 7. The molecule has 210 valence electrons. The zero-order chi connectivity index (χ0) is 27.2. The van der Waals surface area contributed by atoms with Crippen LogP contribution in [0.4, 0.5) is 0 Å². The predicted molar refractivity (Wildman–Crippen MR) is 150 cm³/mol. The van der Waals surface area contributed by atoms with Crippen LogP contribution < -0.4 is 0 Å². The van der Waals surface area contributed by atoms with E-state index >= 15 is 0 Å². The van der Waals surface area contributed by atoms with Crippen molar-refractivity contribution in [1.29, 1.82) is 0 Å². The van der Waals surface area contributed by atoms with Crippen molar-refractivity contribution in [3.05, 3.63) is 35.9 Å². The average molecular weight is 523 g/mol. The van der Waals surface area contributed by atoms with Gasteiger partial charge in [-0.2, -0.15) is 0 Å². The van der Waals surface area contributed by atoms with Crippen molar-refractivity contribution < 1.29 is 19.4 Å². The molecule has 10 atom stereocenters. The first kappa shape index (κ1) is 27.9. The van der Waals surface area contributed by atoms with Crippen molar-refractivity contribution in [1.82, 2.24) is 0 Å². The molecule has 0 aliphatic heterocycles. The summed E-state index contributed by atoms with van der Waals surface area (Å²) in [6, 6.07) is 9.33. The number of aliphatic hydroxyl groups is 1. The number of ether oxygens (including phenoxy) is 1. The summed E-state index contributed by atoms with van der Waals surface area (Å²) in [6.45, 7) is 11.7. The minimum absolute atomic E-state index is 0.0723. The molecule has 4 aliphatic carbocycles. The summed E-state index contributed by atoms with van der Waals surface area (Å²) in [6.07, 6.45) is 9.80. The second-order valence-corrected chi connectivity index (χ2v) is 14.4. The van der Waals surface area contributed by atoms with Crippen LogP contribution in [0.15, 0.2) is 30.3 Å². The third kappa shape index (κ3) is 4.88. The van der Waals surface area contributed by atoms with Crippen molar-refractivity contribution in [3.8, 4) is 0 Å². The molecule has 0 radical (unpaired) electrons. The normalized spacial score (nSPS) is 40.1. The van der Waals surface area contributed by atoms with Gasteiger partial charge < -0.3 is 9.84 Å². The molecule has 4 heteroatoms. The van der Waals surface area contributed by atoms with E-state index in [1.165, 1.54) is 25.7 Å². The molecule has 1 aromatic carbocycles. The summed E-state index contributed by atoms with van der Waals surface area (Å²) in [5.74, 6) is 3.57. The number of ketones is 1. The molecule has 0 saturated heterocycles. The van der Waals surface area contributed by atoms with Gasteiger partial charge in [0.05, 0.1) is 11.7 Å². The SMILES string of the molecule is CC(C)[C@@H](CC[C@@H](C)[C@H]1CC[C@H]2[C@@H]3[C@H](O)CC4CC(=O)CC[C@]4(C)[C@H]3CC[C@]12C)OC(=O)c1ccccc1. The first-order valence-corrected chi connectivity index (χ1v) is 15.5. The Labute approximate surface area is 230 Å². The van der Waals surface area contributed by atoms with Gasteiger partial charge in [-0.05, 0) is 116 Å². The molecule has 4 saturated carbocycles. The van der Waals surface area contributed by atoms with E-state index in [2.05, 4.69) is 34.6 Å². The highest BCUT2D eigenvalue weighted by atomic mass is 16.5. The van der Waals surface area contributed by atoms with Crippen LogP contribution in [0, 0.1) is 52.3 Å². The van der Waals surface area contributed by atoms with Crippen LogP contribution in [0.25, 0.3) is 0 Å². The summed E-state index contributed by atoms with van der Waals surface area (Å²) >= 11 is 0. The highest BCUT2D eigenvalue weighted by Gasteiger charge is 2.62. The number of carbonyl (C=O) groups is 2. The molecular formula is C34H50O4. The van der Waals surface area contributed by atoms with Gasteiger partial charge >= 0.3 is 5.97 Å². The monoisotopic (exact) mass is 522 g/mol. The number of hydrogen-bond acceptors (Lipinski definition) is 4. The van der Waals surface area contributed by atoms with E-state index < -0.39 is 0 Å². The van der Waals surface area contributed by atoms with E-state index in [0.717, 1.165) is 32.1 Å². The van der Waals surface area contributed by atoms with Crippen LogP contribution in [-0.2, 0) is 9.53 Å². The van der Waals surface area contributed by atoms with Crippen LogP contribution in [0.5, 0.6) is 0 Å². The predicted octanol–water partition coefficient (Wildman–Crippen LogP) is 7.48. The van der Waals surface area contributed by atoms with Gasteiger partial charge in [0.1, 0.15) is 11.9 Å². The average Bonchev–Trinajstić information content (AvgIpc) is 3.24. The number of Topliss-reactive ketones (excluding diaryl/α,β-unsaturated/α-hetero) is 1. The Bertz CT molecular complexity index is 1000. The Morgan fingerprint density at radius 2 is 1.71 bits per heavy atom. The summed E-state index contributed by atoms with van der Waals surface area (Å²) < 4.78 is 6.00. The molecular weight excluding hydrogens is 472 g/mol. The zero-order valence-electron chi connectivity index (χ0n) is 24.3. The van der Waals surface area contributed by atoms with Crippen LogP contribution in [-0.4, -0.2) is 29.1 Å². The molecule has 4 fully saturated rings. The lowest BCUT2D eigenvalue weighted by Crippen LogP contribution is -2.58. The fraction of sp³-hybridized carbons (Fsp3) is 0.765. The Hall–Kier alpha value is -1.68. The minimum atomic E-state index is -0.259. The van der Waals surface area contributed by atoms with E-state index in [-0.39, 0.29) is 34.9 Å². The van der Waals surface area contributed by atoms with E-state index in [1.807, 2.05) is 30.3 Å². The maximum Gasteiger partial charge on any atom is 0.338 e. The van der Waals surface area contributed by atoms with Crippen LogP contribution in [0.3, 0.4) is 0 Å². The molecule has 1 aromatic rings. The minimum Gasteiger partial charge on any atom is -0.459 e. The Morgan fingerprint density at radius 3 is 2.42 bits per heavy atom. The second kappa shape index (κ2) is 10.7. The van der Waals surface area contributed by atoms with Crippen LogP contribution in [0.1, 0.15) is 109 Å². The van der Waals surface area contributed by atoms with Gasteiger partial charge in [0.25, 0.3) is 0 Å². The highest BCUT2D eigenvalue weighted by molar-refractivity contribution is 5.89. The Balaban J connectivity index is 1.25. The first-order chi connectivity index (χ1) is 18.0. The lowest BCUT2D eigenvalue weighted by molar-refractivity contribution is -0.169. The molecule has 1 unspecified atom stereocenters. The van der Waals surface area contributed by atoms with Crippen molar-refractivity contribution in [2.45, 2.75) is 111 Å². The Kier molecular flexibility index (Phi) is 7.86. The maximum atomic E-state index is 12.7. The molecule has 0 heterocycles. The zero-order valence-corrected chi connectivity index (χ0v) is 24.3. The molecule has 0 bridgehead atoms. The van der Waals surface area contributed by atoms with Gasteiger partial charge in [-0.1, -0.05) is 52.8 Å². The molecule has 4 aliphatic rings. The van der Waals surface area contributed by atoms with Gasteiger partial charge in [-0.15, -0.1) is 0 Å². The van der Waals surface area contributed by atoms with E-state index in [1.54, 1.807) is 0 Å². The molecule has 38 heavy (non-hydrogen) atoms. The third-order valence-electron chi connectivity index (χ3n) is 12.2. The fourth-order valence-corrected chi connectivity index (χ4v) is 9.92. The van der Waals surface area contributed by atoms with Crippen molar-refractivity contribution in [3.63, 3.8) is 0 Å². The van der Waals surface area contributed by atoms with E-state index in [0.29, 0.717) is 53.3 Å². The second-order valence-electron chi connectivity index (χ2n) is 14.4. The topological polar surface area (TPSA) is 63.6 Å². The van der Waals surface area contributed by atoms with Crippen molar-refractivity contribution in [2.24, 2.45) is 52.3 Å². The summed E-state index contributed by atoms with van der Waals surface area (Å²) in [5, 5.41) is 11.5. The highest BCUT2D eigenvalue weighted by Crippen LogP contribution is 2.68. The van der Waals surface area contributed by atoms with Crippen LogP contribution in [0.2, 0.25) is 0 Å². The van der Waals surface area contributed by atoms with Crippen LogP contribution >= 0.6 is 0 Å². The summed E-state index contributed by atoms with van der Waals surface area (Å²) in [7, 11) is 0. The number of aliphatic hydroxyl groups excluding tert-OH is 1. The number of fused-ring (bicyclic) bond motifs is 5. The van der Waals surface area contributed by atoms with Crippen molar-refractivity contribution in [2.75, 3.05) is 0 Å². The van der Waals surface area contributed by atoms with Gasteiger partial charge in [-0.3, -0.25) is 4.79 Å². The molecule has 0 amide bonds. The van der Waals surface area contributed by atoms with Gasteiger partial charge in [0.15, 0.2) is 0 Å². The largest absolute Gasteiger partial charge is 0.459 e. The smallest absolute Gasteiger partial charge is 0.338 e. The lowest BCUT2D eigenvalue weighted by Gasteiger charge is -2.62. The standard InChI is InChI=1S/C34H50O4/c1-21(2)30(38-32(37)23-9-7-6-8-10-23)14-11-22(3)26-12-13-27-31-28(16-18-34(26,27)5)33(4)17-15-25(35)19-24(33)20-29(31)36/h6-10,21-22,24,26-31,36H,11-20H2,1-5H3/t22-,24?,26-,27+,28+,29-,30-,31+,33+,34-/m1/s1. The third-order valence-corrected chi connectivity index (χ3v) is 12.2. The number of hydrogen-bond donors (Lipinski definition) is 1. The lowest BCUT2D eigenvalue weighted by atomic mass is 9.44. The van der Waals surface area contributed by atoms with E-state index in [4.69, 9.17) is 4.74 Å². The summed E-state index contributed by atoms with van der Waals surface area (Å²) in [5.41, 5.74) is 1.11. The Morgan fingerprint density at radius 1 is 1.00 bits per heavy atom. The van der Waals surface area contributed by atoms with Crippen molar-refractivity contribution >= 4 is 11.8 Å². The van der Waals surface area contributed by atoms with Gasteiger partial charge in [0.2, 0.25) is 0 Å². The van der Waals surface area contributed by atoms with Gasteiger partial charge in [0, 0.05) is 12.8 Å². The molecule has 5 rings (SSSR count). The quantitative estimate of drug-likeness (QED) is 0.377. The number of carbonyl (C=O) groups excluding carboxylic acids is 2. The van der Waals surface area contributed by atoms with Gasteiger partial charge in [-0.25, -0.2) is 4.79 Å². The first-order valence-electron chi connectivity index (χ1n) is 15.5. The fourth-order valence-electron chi connectivity index (χ4n) is 9.92. The molecule has 0 spiro atoms. The number of benzene rings is 1. The molecule has 0 aromatic heterocycles.